The first-order valence-electron chi connectivity index (χ1n) is 8.95. The van der Waals surface area contributed by atoms with Crippen LogP contribution in [0.2, 0.25) is 5.02 Å². The molecule has 0 spiro atoms. The molecule has 0 unspecified atom stereocenters. The Kier molecular flexibility index (Phi) is 6.42. The van der Waals surface area contributed by atoms with E-state index in [9.17, 15) is 13.2 Å². The van der Waals surface area contributed by atoms with Gasteiger partial charge in [0.25, 0.3) is 10.0 Å². The highest BCUT2D eigenvalue weighted by atomic mass is 35.5. The van der Waals surface area contributed by atoms with Crippen molar-refractivity contribution in [1.29, 1.82) is 0 Å². The quantitative estimate of drug-likeness (QED) is 0.539. The normalized spacial score (nSPS) is 11.1. The predicted molar refractivity (Wildman–Crippen MR) is 116 cm³/mol. The van der Waals surface area contributed by atoms with E-state index in [2.05, 4.69) is 15.2 Å². The standard InChI is InChI=1S/C20H20ClN3O6S/c1-11-19(20(30-23-11)22-12(2)25)13-5-7-17(29-4)18(9-13)31(26,27)24-15-10-14(21)6-8-16(15)28-3/h5-10,24H,1-4H3,(H,22,25). The number of sulfonamides is 1. The molecule has 0 aliphatic carbocycles. The first-order chi connectivity index (χ1) is 14.7. The number of hydrogen-bond donors (Lipinski definition) is 2. The van der Waals surface area contributed by atoms with Gasteiger partial charge >= 0.3 is 0 Å². The van der Waals surface area contributed by atoms with E-state index in [-0.39, 0.29) is 28.1 Å². The maximum atomic E-state index is 13.2. The van der Waals surface area contributed by atoms with Gasteiger partial charge in [-0.3, -0.25) is 14.8 Å². The summed E-state index contributed by atoms with van der Waals surface area (Å²) in [5.74, 6) is 0.176. The number of nitrogens with one attached hydrogen (secondary N) is 2. The molecular formula is C20H20ClN3O6S. The molecule has 0 saturated heterocycles. The number of benzene rings is 2. The molecule has 11 heteroatoms. The molecule has 2 aromatic carbocycles. The van der Waals surface area contributed by atoms with Crippen LogP contribution in [0.4, 0.5) is 11.6 Å². The lowest BCUT2D eigenvalue weighted by Crippen LogP contribution is -2.15. The van der Waals surface area contributed by atoms with Gasteiger partial charge in [0.2, 0.25) is 11.8 Å². The number of aryl methyl sites for hydroxylation is 1. The van der Waals surface area contributed by atoms with Gasteiger partial charge in [0.1, 0.15) is 16.4 Å². The van der Waals surface area contributed by atoms with Crippen LogP contribution in [-0.2, 0) is 14.8 Å². The van der Waals surface area contributed by atoms with Gasteiger partial charge in [0, 0.05) is 11.9 Å². The van der Waals surface area contributed by atoms with Gasteiger partial charge in [0.15, 0.2) is 0 Å². The second kappa shape index (κ2) is 8.86. The first-order valence-corrected chi connectivity index (χ1v) is 10.8. The van der Waals surface area contributed by atoms with Crippen LogP contribution in [0.1, 0.15) is 12.6 Å². The Hall–Kier alpha value is -3.24. The Labute approximate surface area is 184 Å². The van der Waals surface area contributed by atoms with Gasteiger partial charge in [-0.1, -0.05) is 22.8 Å². The number of nitrogens with zero attached hydrogens (tertiary/aromatic N) is 1. The van der Waals surface area contributed by atoms with E-state index in [1.807, 2.05) is 0 Å². The smallest absolute Gasteiger partial charge is 0.265 e. The summed E-state index contributed by atoms with van der Waals surface area (Å²) in [5, 5.41) is 6.74. The zero-order valence-corrected chi connectivity index (χ0v) is 18.7. The van der Waals surface area contributed by atoms with Gasteiger partial charge in [-0.05, 0) is 42.8 Å². The van der Waals surface area contributed by atoms with Crippen molar-refractivity contribution in [2.75, 3.05) is 24.3 Å². The lowest BCUT2D eigenvalue weighted by Gasteiger charge is -2.15. The Balaban J connectivity index is 2.11. The van der Waals surface area contributed by atoms with E-state index in [1.54, 1.807) is 25.1 Å². The number of carbonyl (C=O) groups excluding carboxylic acids is 1. The van der Waals surface area contributed by atoms with E-state index in [0.717, 1.165) is 0 Å². The van der Waals surface area contributed by atoms with Crippen LogP contribution in [0.25, 0.3) is 11.1 Å². The molecule has 1 aromatic heterocycles. The van der Waals surface area contributed by atoms with E-state index >= 15 is 0 Å². The van der Waals surface area contributed by atoms with Crippen LogP contribution in [0.3, 0.4) is 0 Å². The van der Waals surface area contributed by atoms with Gasteiger partial charge in [-0.25, -0.2) is 8.42 Å². The summed E-state index contributed by atoms with van der Waals surface area (Å²) < 4.78 is 44.6. The van der Waals surface area contributed by atoms with Gasteiger partial charge in [-0.2, -0.15) is 0 Å². The number of hydrogen-bond acceptors (Lipinski definition) is 7. The van der Waals surface area contributed by atoms with E-state index < -0.39 is 10.0 Å². The minimum Gasteiger partial charge on any atom is -0.495 e. The lowest BCUT2D eigenvalue weighted by molar-refractivity contribution is -0.114. The molecule has 31 heavy (non-hydrogen) atoms. The van der Waals surface area contributed by atoms with Gasteiger partial charge in [0.05, 0.1) is 31.2 Å². The zero-order valence-electron chi connectivity index (χ0n) is 17.1. The average molecular weight is 466 g/mol. The highest BCUT2D eigenvalue weighted by molar-refractivity contribution is 7.92. The molecule has 3 rings (SSSR count). The minimum absolute atomic E-state index is 0.114. The molecule has 0 aliphatic heterocycles. The van der Waals surface area contributed by atoms with Crippen molar-refractivity contribution in [3.63, 3.8) is 0 Å². The molecule has 0 radical (unpaired) electrons. The fourth-order valence-corrected chi connectivity index (χ4v) is 4.39. The second-order valence-electron chi connectivity index (χ2n) is 6.47. The topological polar surface area (TPSA) is 120 Å². The number of amides is 1. The summed E-state index contributed by atoms with van der Waals surface area (Å²) in [6, 6.07) is 9.12. The van der Waals surface area contributed by atoms with Crippen molar-refractivity contribution in [3.05, 3.63) is 47.1 Å². The van der Waals surface area contributed by atoms with Gasteiger partial charge in [-0.15, -0.1) is 0 Å². The molecule has 0 fully saturated rings. The minimum atomic E-state index is -4.12. The Morgan fingerprint density at radius 2 is 1.77 bits per heavy atom. The Morgan fingerprint density at radius 3 is 2.42 bits per heavy atom. The number of ether oxygens (including phenoxy) is 2. The number of carbonyl (C=O) groups is 1. The van der Waals surface area contributed by atoms with Crippen LogP contribution >= 0.6 is 11.6 Å². The molecule has 164 valence electrons. The molecule has 2 N–H and O–H groups in total. The zero-order chi connectivity index (χ0) is 22.8. The van der Waals surface area contributed by atoms with Crippen molar-refractivity contribution in [1.82, 2.24) is 5.16 Å². The Morgan fingerprint density at radius 1 is 1.10 bits per heavy atom. The summed E-state index contributed by atoms with van der Waals surface area (Å²) in [6.07, 6.45) is 0. The molecule has 9 nitrogen and oxygen atoms in total. The van der Waals surface area contributed by atoms with Crippen LogP contribution in [0.15, 0.2) is 45.8 Å². The molecule has 0 atom stereocenters. The van der Waals surface area contributed by atoms with E-state index in [1.165, 1.54) is 39.3 Å². The summed E-state index contributed by atoms with van der Waals surface area (Å²) in [5.41, 5.74) is 1.56. The Bertz CT molecular complexity index is 1240. The first kappa shape index (κ1) is 22.4. The summed E-state index contributed by atoms with van der Waals surface area (Å²) in [4.78, 5) is 11.3. The molecule has 0 aliphatic rings. The average Bonchev–Trinajstić information content (AvgIpc) is 3.06. The third-order valence-corrected chi connectivity index (χ3v) is 5.92. The fraction of sp³-hybridized carbons (Fsp3) is 0.200. The van der Waals surface area contributed by atoms with Crippen LogP contribution in [0.5, 0.6) is 11.5 Å². The molecule has 0 bridgehead atoms. The molecule has 1 heterocycles. The molecule has 0 saturated carbocycles. The van der Waals surface area contributed by atoms with Crippen LogP contribution in [-0.4, -0.2) is 33.7 Å². The van der Waals surface area contributed by atoms with Crippen molar-refractivity contribution in [3.8, 4) is 22.6 Å². The SMILES string of the molecule is COc1ccc(Cl)cc1NS(=O)(=O)c1cc(-c2c(C)noc2NC(C)=O)ccc1OC. The lowest BCUT2D eigenvalue weighted by atomic mass is 10.1. The largest absolute Gasteiger partial charge is 0.495 e. The van der Waals surface area contributed by atoms with Crippen molar-refractivity contribution < 1.29 is 27.2 Å². The number of methoxy groups -OCH3 is 2. The number of anilines is 2. The molecule has 1 amide bonds. The number of halogens is 1. The second-order valence-corrected chi connectivity index (χ2v) is 8.56. The molecule has 3 aromatic rings. The maximum Gasteiger partial charge on any atom is 0.265 e. The van der Waals surface area contributed by atoms with Crippen molar-refractivity contribution in [2.24, 2.45) is 0 Å². The highest BCUT2D eigenvalue weighted by Gasteiger charge is 2.25. The monoisotopic (exact) mass is 465 g/mol. The predicted octanol–water partition coefficient (Wildman–Crippen LogP) is 4.08. The van der Waals surface area contributed by atoms with E-state index in [4.69, 9.17) is 25.6 Å². The van der Waals surface area contributed by atoms with Crippen LogP contribution < -0.4 is 19.5 Å². The van der Waals surface area contributed by atoms with Gasteiger partial charge < -0.3 is 14.0 Å². The summed E-state index contributed by atoms with van der Waals surface area (Å²) >= 11 is 6.01. The molecular weight excluding hydrogens is 446 g/mol. The number of aromatic nitrogens is 1. The third-order valence-electron chi connectivity index (χ3n) is 4.30. The highest BCUT2D eigenvalue weighted by Crippen LogP contribution is 2.37. The van der Waals surface area contributed by atoms with Crippen molar-refractivity contribution in [2.45, 2.75) is 18.7 Å². The van der Waals surface area contributed by atoms with E-state index in [0.29, 0.717) is 27.6 Å². The summed E-state index contributed by atoms with van der Waals surface area (Å²) in [6.45, 7) is 3.01. The van der Waals surface area contributed by atoms with Crippen molar-refractivity contribution >= 4 is 39.1 Å². The fourth-order valence-electron chi connectivity index (χ4n) is 2.96. The number of rotatable bonds is 7. The maximum absolute atomic E-state index is 13.2. The summed E-state index contributed by atoms with van der Waals surface area (Å²) in [7, 11) is -1.34. The van der Waals surface area contributed by atoms with Crippen LogP contribution in [0, 0.1) is 6.92 Å². The third kappa shape index (κ3) is 4.75.